The van der Waals surface area contributed by atoms with Gasteiger partial charge in [0.2, 0.25) is 5.13 Å². The number of amides is 1. The Hall–Kier alpha value is -2.51. The number of alkyl halides is 3. The highest BCUT2D eigenvalue weighted by molar-refractivity contribution is 7.92. The molecule has 0 fully saturated rings. The smallest absolute Gasteiger partial charge is 0.342 e. The number of nitrogens with zero attached hydrogens (tertiary/aromatic N) is 4. The number of halogens is 4. The maximum atomic E-state index is 12.8. The van der Waals surface area contributed by atoms with E-state index in [1.165, 1.54) is 22.3 Å². The van der Waals surface area contributed by atoms with Crippen LogP contribution in [0, 0.1) is 0 Å². The van der Waals surface area contributed by atoms with Gasteiger partial charge in [-0.2, -0.15) is 23.0 Å². The third-order valence-corrected chi connectivity index (χ3v) is 6.09. The average molecular weight is 466 g/mol. The SMILES string of the molecule is C[C@@H](NC(=O)c1cc(Cl)cc(S(=O)(=O)C(F)(F)F)c1)c1ncnn1-c1nccs1. The number of benzene rings is 1. The maximum Gasteiger partial charge on any atom is 0.501 e. The lowest BCUT2D eigenvalue weighted by Crippen LogP contribution is -2.29. The summed E-state index contributed by atoms with van der Waals surface area (Å²) in [4.78, 5) is 19.5. The van der Waals surface area contributed by atoms with Gasteiger partial charge >= 0.3 is 5.51 Å². The first-order chi connectivity index (χ1) is 13.5. The fourth-order valence-corrected chi connectivity index (χ4v) is 4.08. The van der Waals surface area contributed by atoms with E-state index in [1.807, 2.05) is 0 Å². The first kappa shape index (κ1) is 21.2. The summed E-state index contributed by atoms with van der Waals surface area (Å²) in [5.41, 5.74) is -5.88. The molecule has 3 aromatic rings. The van der Waals surface area contributed by atoms with Crippen molar-refractivity contribution in [1.82, 2.24) is 25.1 Å². The van der Waals surface area contributed by atoms with Crippen LogP contribution in [0.5, 0.6) is 0 Å². The van der Waals surface area contributed by atoms with Gasteiger partial charge in [0.25, 0.3) is 15.7 Å². The molecule has 2 heterocycles. The fraction of sp³-hybridized carbons (Fsp3) is 0.200. The number of rotatable bonds is 5. The van der Waals surface area contributed by atoms with E-state index in [0.717, 1.165) is 6.07 Å². The van der Waals surface area contributed by atoms with Crippen LogP contribution in [-0.2, 0) is 9.84 Å². The summed E-state index contributed by atoms with van der Waals surface area (Å²) in [6.45, 7) is 1.57. The topological polar surface area (TPSA) is 107 Å². The molecule has 0 spiro atoms. The van der Waals surface area contributed by atoms with Gasteiger partial charge in [-0.3, -0.25) is 4.79 Å². The second-order valence-electron chi connectivity index (χ2n) is 5.66. The highest BCUT2D eigenvalue weighted by Gasteiger charge is 2.47. The summed E-state index contributed by atoms with van der Waals surface area (Å²) in [5, 5.41) is 8.44. The van der Waals surface area contributed by atoms with Gasteiger partial charge in [-0.25, -0.2) is 18.4 Å². The molecular weight excluding hydrogens is 455 g/mol. The van der Waals surface area contributed by atoms with Gasteiger partial charge in [-0.1, -0.05) is 11.6 Å². The Balaban J connectivity index is 1.88. The van der Waals surface area contributed by atoms with Gasteiger partial charge in [0, 0.05) is 22.2 Å². The molecule has 0 aliphatic carbocycles. The predicted octanol–water partition coefficient (Wildman–Crippen LogP) is 3.16. The van der Waals surface area contributed by atoms with Crippen molar-refractivity contribution in [3.8, 4) is 5.13 Å². The van der Waals surface area contributed by atoms with E-state index in [0.29, 0.717) is 23.1 Å². The lowest BCUT2D eigenvalue weighted by molar-refractivity contribution is -0.0436. The monoisotopic (exact) mass is 465 g/mol. The Morgan fingerprint density at radius 1 is 1.28 bits per heavy atom. The molecule has 1 amide bonds. The maximum absolute atomic E-state index is 12.8. The molecule has 1 atom stereocenters. The molecule has 0 aliphatic rings. The summed E-state index contributed by atoms with van der Waals surface area (Å²) in [7, 11) is -5.66. The van der Waals surface area contributed by atoms with Crippen molar-refractivity contribution in [3.63, 3.8) is 0 Å². The Kier molecular flexibility index (Phi) is 5.65. The number of hydrogen-bond acceptors (Lipinski definition) is 7. The number of carbonyl (C=O) groups excluding carboxylic acids is 1. The Morgan fingerprint density at radius 3 is 2.62 bits per heavy atom. The van der Waals surface area contributed by atoms with Crippen molar-refractivity contribution in [1.29, 1.82) is 0 Å². The minimum atomic E-state index is -5.66. The van der Waals surface area contributed by atoms with Crippen LogP contribution in [0.4, 0.5) is 13.2 Å². The highest BCUT2D eigenvalue weighted by atomic mass is 35.5. The minimum absolute atomic E-state index is 0.318. The van der Waals surface area contributed by atoms with Crippen LogP contribution in [0.25, 0.3) is 5.13 Å². The van der Waals surface area contributed by atoms with Crippen molar-refractivity contribution in [2.75, 3.05) is 0 Å². The Bertz CT molecular complexity index is 1150. The molecule has 154 valence electrons. The van der Waals surface area contributed by atoms with E-state index < -0.39 is 32.2 Å². The van der Waals surface area contributed by atoms with E-state index in [2.05, 4.69) is 20.4 Å². The zero-order valence-corrected chi connectivity index (χ0v) is 16.8. The van der Waals surface area contributed by atoms with Gasteiger partial charge in [0.05, 0.1) is 10.9 Å². The van der Waals surface area contributed by atoms with Crippen LogP contribution in [0.3, 0.4) is 0 Å². The van der Waals surface area contributed by atoms with E-state index in [4.69, 9.17) is 11.6 Å². The van der Waals surface area contributed by atoms with Gasteiger partial charge in [-0.15, -0.1) is 11.3 Å². The Labute approximate surface area is 171 Å². The molecule has 0 saturated carbocycles. The molecule has 29 heavy (non-hydrogen) atoms. The number of sulfone groups is 1. The summed E-state index contributed by atoms with van der Waals surface area (Å²) >= 11 is 7.02. The van der Waals surface area contributed by atoms with Crippen molar-refractivity contribution in [3.05, 3.63) is 52.5 Å². The molecular formula is C15H11ClF3N5O3S2. The van der Waals surface area contributed by atoms with Crippen molar-refractivity contribution in [2.24, 2.45) is 0 Å². The number of hydrogen-bond donors (Lipinski definition) is 1. The van der Waals surface area contributed by atoms with Crippen LogP contribution in [0.2, 0.25) is 5.02 Å². The van der Waals surface area contributed by atoms with Crippen LogP contribution < -0.4 is 5.32 Å². The second kappa shape index (κ2) is 7.72. The first-order valence-corrected chi connectivity index (χ1v) is 10.5. The summed E-state index contributed by atoms with van der Waals surface area (Å²) < 4.78 is 63.1. The molecule has 1 N–H and O–H groups in total. The summed E-state index contributed by atoms with van der Waals surface area (Å²) in [5.74, 6) is -0.522. The van der Waals surface area contributed by atoms with Gasteiger partial charge < -0.3 is 5.32 Å². The quantitative estimate of drug-likeness (QED) is 0.620. The number of carbonyl (C=O) groups is 1. The van der Waals surface area contributed by atoms with Gasteiger partial charge in [0.1, 0.15) is 6.33 Å². The lowest BCUT2D eigenvalue weighted by Gasteiger charge is -2.15. The molecule has 0 bridgehead atoms. The van der Waals surface area contributed by atoms with E-state index in [9.17, 15) is 26.4 Å². The fourth-order valence-electron chi connectivity index (χ4n) is 2.34. The number of aromatic nitrogens is 4. The lowest BCUT2D eigenvalue weighted by atomic mass is 10.2. The minimum Gasteiger partial charge on any atom is -0.342 e. The standard InChI is InChI=1S/C15H11ClF3N5O3S2/c1-8(12-21-7-22-24(12)14-20-2-3-28-14)23-13(25)9-4-10(16)6-11(5-9)29(26,27)15(17,18)19/h2-8H,1H3,(H,23,25)/t8-/m1/s1. The third-order valence-electron chi connectivity index (χ3n) is 3.66. The molecule has 3 rings (SSSR count). The van der Waals surface area contributed by atoms with E-state index >= 15 is 0 Å². The molecule has 2 aromatic heterocycles. The Morgan fingerprint density at radius 2 is 2.00 bits per heavy atom. The van der Waals surface area contributed by atoms with Crippen molar-refractivity contribution < 1.29 is 26.4 Å². The van der Waals surface area contributed by atoms with Gasteiger partial charge in [-0.05, 0) is 25.1 Å². The summed E-state index contributed by atoms with van der Waals surface area (Å²) in [6, 6.07) is 1.58. The molecule has 14 heteroatoms. The van der Waals surface area contributed by atoms with E-state index in [1.54, 1.807) is 18.5 Å². The number of thiazole rings is 1. The van der Waals surface area contributed by atoms with Gasteiger partial charge in [0.15, 0.2) is 5.82 Å². The van der Waals surface area contributed by atoms with Crippen LogP contribution in [0.15, 0.2) is 41.0 Å². The van der Waals surface area contributed by atoms with Crippen molar-refractivity contribution in [2.45, 2.75) is 23.4 Å². The first-order valence-electron chi connectivity index (χ1n) is 7.73. The zero-order valence-electron chi connectivity index (χ0n) is 14.4. The normalized spacial score (nSPS) is 13.3. The van der Waals surface area contributed by atoms with Crippen LogP contribution >= 0.6 is 22.9 Å². The second-order valence-corrected chi connectivity index (χ2v) is 8.92. The molecule has 0 unspecified atom stereocenters. The molecule has 0 saturated heterocycles. The summed E-state index contributed by atoms with van der Waals surface area (Å²) in [6.07, 6.45) is 2.82. The largest absolute Gasteiger partial charge is 0.501 e. The molecule has 1 aromatic carbocycles. The van der Waals surface area contributed by atoms with Crippen molar-refractivity contribution >= 4 is 38.7 Å². The third kappa shape index (κ3) is 4.26. The number of nitrogens with one attached hydrogen (secondary N) is 1. The zero-order chi connectivity index (χ0) is 21.4. The average Bonchev–Trinajstić information content (AvgIpc) is 3.31. The van der Waals surface area contributed by atoms with Crippen LogP contribution in [0.1, 0.15) is 29.1 Å². The van der Waals surface area contributed by atoms with E-state index in [-0.39, 0.29) is 10.6 Å². The predicted molar refractivity (Wildman–Crippen MR) is 97.6 cm³/mol. The van der Waals surface area contributed by atoms with Crippen LogP contribution in [-0.4, -0.2) is 39.6 Å². The highest BCUT2D eigenvalue weighted by Crippen LogP contribution is 2.32. The molecule has 0 radical (unpaired) electrons. The molecule has 8 nitrogen and oxygen atoms in total. The molecule has 0 aliphatic heterocycles.